The second-order valence-corrected chi connectivity index (χ2v) is 4.94. The first-order chi connectivity index (χ1) is 10.1. The lowest BCUT2D eigenvalue weighted by atomic mass is 10.2. The molecule has 6 nitrogen and oxygen atoms in total. The zero-order valence-corrected chi connectivity index (χ0v) is 12.7. The van der Waals surface area contributed by atoms with Crippen molar-refractivity contribution in [3.63, 3.8) is 0 Å². The maximum Gasteiger partial charge on any atom is 0.317 e. The number of hydrogen-bond donors (Lipinski definition) is 2. The number of aromatic nitrogens is 3. The molecule has 2 amide bonds. The highest BCUT2D eigenvalue weighted by atomic mass is 16.2. The molecule has 0 saturated carbocycles. The summed E-state index contributed by atoms with van der Waals surface area (Å²) < 4.78 is 0. The second kappa shape index (κ2) is 6.88. The van der Waals surface area contributed by atoms with Gasteiger partial charge in [0, 0.05) is 43.3 Å². The topological polar surface area (TPSA) is 73.9 Å². The molecule has 0 aliphatic carbocycles. The van der Waals surface area contributed by atoms with Gasteiger partial charge in [-0.25, -0.2) is 4.79 Å². The van der Waals surface area contributed by atoms with Crippen LogP contribution in [0.4, 0.5) is 4.79 Å². The van der Waals surface area contributed by atoms with Gasteiger partial charge in [0.2, 0.25) is 0 Å². The van der Waals surface area contributed by atoms with Gasteiger partial charge in [0.05, 0.1) is 5.69 Å². The first-order valence-corrected chi connectivity index (χ1v) is 7.04. The van der Waals surface area contributed by atoms with Crippen molar-refractivity contribution in [1.82, 2.24) is 25.4 Å². The Balaban J connectivity index is 1.94. The zero-order valence-electron chi connectivity index (χ0n) is 12.7. The van der Waals surface area contributed by atoms with Gasteiger partial charge in [-0.3, -0.25) is 10.1 Å². The Morgan fingerprint density at radius 2 is 2.05 bits per heavy atom. The number of amides is 2. The number of hydrogen-bond acceptors (Lipinski definition) is 3. The summed E-state index contributed by atoms with van der Waals surface area (Å²) in [6.45, 7) is 7.57. The van der Waals surface area contributed by atoms with Crippen LogP contribution in [0, 0.1) is 13.8 Å². The number of carbonyl (C=O) groups excluding carboxylic acids is 1. The van der Waals surface area contributed by atoms with Crippen LogP contribution in [-0.4, -0.2) is 32.7 Å². The minimum absolute atomic E-state index is 0.0747. The number of urea groups is 1. The van der Waals surface area contributed by atoms with Gasteiger partial charge >= 0.3 is 6.03 Å². The Labute approximate surface area is 124 Å². The molecule has 2 rings (SSSR count). The van der Waals surface area contributed by atoms with Crippen molar-refractivity contribution in [2.24, 2.45) is 0 Å². The average Bonchev–Trinajstić information content (AvgIpc) is 2.82. The summed E-state index contributed by atoms with van der Waals surface area (Å²) in [5.74, 6) is 0. The lowest BCUT2D eigenvalue weighted by molar-refractivity contribution is 0.197. The zero-order chi connectivity index (χ0) is 15.2. The van der Waals surface area contributed by atoms with E-state index >= 15 is 0 Å². The van der Waals surface area contributed by atoms with E-state index in [9.17, 15) is 4.79 Å². The summed E-state index contributed by atoms with van der Waals surface area (Å²) in [5.41, 5.74) is 4.02. The lowest BCUT2D eigenvalue weighted by Gasteiger charge is -2.21. The molecule has 0 aromatic carbocycles. The third-order valence-electron chi connectivity index (χ3n) is 3.49. The summed E-state index contributed by atoms with van der Waals surface area (Å²) in [6, 6.07) is 3.76. The summed E-state index contributed by atoms with van der Waals surface area (Å²) in [6.07, 6.45) is 3.47. The molecule has 0 radical (unpaired) electrons. The summed E-state index contributed by atoms with van der Waals surface area (Å²) in [4.78, 5) is 18.0. The number of aryl methyl sites for hydroxylation is 2. The molecule has 2 aromatic rings. The maximum atomic E-state index is 12.3. The van der Waals surface area contributed by atoms with Crippen molar-refractivity contribution in [1.29, 1.82) is 0 Å². The van der Waals surface area contributed by atoms with Crippen molar-refractivity contribution < 1.29 is 4.79 Å². The largest absolute Gasteiger partial charge is 0.334 e. The molecular weight excluding hydrogens is 266 g/mol. The molecule has 2 N–H and O–H groups in total. The third-order valence-corrected chi connectivity index (χ3v) is 3.49. The molecule has 112 valence electrons. The number of H-pyrrole nitrogens is 1. The quantitative estimate of drug-likeness (QED) is 0.885. The predicted octanol–water partition coefficient (Wildman–Crippen LogP) is 2.15. The van der Waals surface area contributed by atoms with E-state index in [2.05, 4.69) is 20.5 Å². The molecular formula is C15H21N5O. The van der Waals surface area contributed by atoms with Gasteiger partial charge < -0.3 is 10.2 Å². The van der Waals surface area contributed by atoms with Crippen LogP contribution >= 0.6 is 0 Å². The van der Waals surface area contributed by atoms with Crippen LogP contribution in [0.2, 0.25) is 0 Å². The number of pyridine rings is 1. The third kappa shape index (κ3) is 3.81. The highest BCUT2D eigenvalue weighted by Gasteiger charge is 2.13. The SMILES string of the molecule is CCN(Cc1ccncc1)C(=O)NCc1c(C)n[nH]c1C. The monoisotopic (exact) mass is 287 g/mol. The van der Waals surface area contributed by atoms with Gasteiger partial charge in [0.25, 0.3) is 0 Å². The van der Waals surface area contributed by atoms with Crippen molar-refractivity contribution >= 4 is 6.03 Å². The predicted molar refractivity (Wildman–Crippen MR) is 80.6 cm³/mol. The highest BCUT2D eigenvalue weighted by Crippen LogP contribution is 2.09. The summed E-state index contributed by atoms with van der Waals surface area (Å²) in [5, 5.41) is 10.0. The normalized spacial score (nSPS) is 10.4. The number of carbonyl (C=O) groups is 1. The standard InChI is InChI=1S/C15H21N5O/c1-4-20(10-13-5-7-16-8-6-13)15(21)17-9-14-11(2)18-19-12(14)3/h5-8H,4,9-10H2,1-3H3,(H,17,21)(H,18,19). The van der Waals surface area contributed by atoms with E-state index in [1.807, 2.05) is 32.9 Å². The van der Waals surface area contributed by atoms with Crippen LogP contribution in [0.25, 0.3) is 0 Å². The minimum atomic E-state index is -0.0747. The van der Waals surface area contributed by atoms with E-state index in [1.54, 1.807) is 17.3 Å². The van der Waals surface area contributed by atoms with Crippen molar-refractivity contribution in [3.8, 4) is 0 Å². The fraction of sp³-hybridized carbons (Fsp3) is 0.400. The van der Waals surface area contributed by atoms with Crippen molar-refractivity contribution in [3.05, 3.63) is 47.0 Å². The van der Waals surface area contributed by atoms with Crippen molar-refractivity contribution in [2.75, 3.05) is 6.54 Å². The van der Waals surface area contributed by atoms with Gasteiger partial charge in [-0.05, 0) is 38.5 Å². The fourth-order valence-electron chi connectivity index (χ4n) is 2.15. The number of nitrogens with one attached hydrogen (secondary N) is 2. The Kier molecular flexibility index (Phi) is 4.92. The summed E-state index contributed by atoms with van der Waals surface area (Å²) >= 11 is 0. The van der Waals surface area contributed by atoms with E-state index in [0.29, 0.717) is 19.6 Å². The molecule has 0 bridgehead atoms. The molecule has 0 fully saturated rings. The van der Waals surface area contributed by atoms with E-state index in [4.69, 9.17) is 0 Å². The first-order valence-electron chi connectivity index (χ1n) is 7.04. The molecule has 0 aliphatic heterocycles. The Hall–Kier alpha value is -2.37. The smallest absolute Gasteiger partial charge is 0.317 e. The molecule has 2 heterocycles. The van der Waals surface area contributed by atoms with Crippen LogP contribution < -0.4 is 5.32 Å². The van der Waals surface area contributed by atoms with Gasteiger partial charge in [-0.2, -0.15) is 5.10 Å². The summed E-state index contributed by atoms with van der Waals surface area (Å²) in [7, 11) is 0. The number of aromatic amines is 1. The molecule has 2 aromatic heterocycles. The molecule has 0 atom stereocenters. The minimum Gasteiger partial charge on any atom is -0.334 e. The van der Waals surface area contributed by atoms with Crippen LogP contribution in [0.3, 0.4) is 0 Å². The molecule has 0 unspecified atom stereocenters. The average molecular weight is 287 g/mol. The van der Waals surface area contributed by atoms with E-state index in [-0.39, 0.29) is 6.03 Å². The van der Waals surface area contributed by atoms with E-state index < -0.39 is 0 Å². The Morgan fingerprint density at radius 1 is 1.33 bits per heavy atom. The molecule has 0 saturated heterocycles. The van der Waals surface area contributed by atoms with Crippen molar-refractivity contribution in [2.45, 2.75) is 33.9 Å². The van der Waals surface area contributed by atoms with Crippen LogP contribution in [-0.2, 0) is 13.1 Å². The van der Waals surface area contributed by atoms with Gasteiger partial charge in [0.1, 0.15) is 0 Å². The highest BCUT2D eigenvalue weighted by molar-refractivity contribution is 5.74. The Bertz CT molecular complexity index is 574. The fourth-order valence-corrected chi connectivity index (χ4v) is 2.15. The Morgan fingerprint density at radius 3 is 2.62 bits per heavy atom. The van der Waals surface area contributed by atoms with Gasteiger partial charge in [0.15, 0.2) is 0 Å². The second-order valence-electron chi connectivity index (χ2n) is 4.94. The molecule has 0 aliphatic rings. The van der Waals surface area contributed by atoms with E-state index in [0.717, 1.165) is 22.5 Å². The van der Waals surface area contributed by atoms with Gasteiger partial charge in [-0.15, -0.1) is 0 Å². The first kappa shape index (κ1) is 15.0. The number of rotatable bonds is 5. The molecule has 6 heteroatoms. The number of nitrogens with zero attached hydrogens (tertiary/aromatic N) is 3. The van der Waals surface area contributed by atoms with Crippen LogP contribution in [0.1, 0.15) is 29.4 Å². The lowest BCUT2D eigenvalue weighted by Crippen LogP contribution is -2.39. The maximum absolute atomic E-state index is 12.3. The molecule has 0 spiro atoms. The van der Waals surface area contributed by atoms with Crippen LogP contribution in [0.5, 0.6) is 0 Å². The molecule has 21 heavy (non-hydrogen) atoms. The van der Waals surface area contributed by atoms with E-state index in [1.165, 1.54) is 0 Å². The van der Waals surface area contributed by atoms with Gasteiger partial charge in [-0.1, -0.05) is 0 Å². The van der Waals surface area contributed by atoms with Crippen LogP contribution in [0.15, 0.2) is 24.5 Å².